The van der Waals surface area contributed by atoms with Crippen LogP contribution in [0, 0.1) is 0 Å². The van der Waals surface area contributed by atoms with Crippen LogP contribution < -0.4 is 10.2 Å². The largest absolute Gasteiger partial charge is 0.374 e. The van der Waals surface area contributed by atoms with E-state index < -0.39 is 0 Å². The summed E-state index contributed by atoms with van der Waals surface area (Å²) in [4.78, 5) is 19.9. The summed E-state index contributed by atoms with van der Waals surface area (Å²) in [6, 6.07) is 14.6. The molecule has 2 aromatic carbocycles. The minimum Gasteiger partial charge on any atom is -0.374 e. The highest BCUT2D eigenvalue weighted by molar-refractivity contribution is 9.10. The molecule has 5 nitrogen and oxygen atoms in total. The van der Waals surface area contributed by atoms with Crippen molar-refractivity contribution >= 4 is 27.5 Å². The molecule has 29 heavy (non-hydrogen) atoms. The van der Waals surface area contributed by atoms with Crippen molar-refractivity contribution in [3.8, 4) is 0 Å². The standard InChI is InChI=1S/C23H29BrN4O/c1-26-11-13-28(14-12-26)22(16-25-23(29)17-3-6-20(24)7-4-17)18-5-8-21-19(15-18)9-10-27(21)2/h3-8,15,22H,9-14,16H2,1-2H3,(H,25,29)/t22-/m0/s1. The van der Waals surface area contributed by atoms with Crippen molar-refractivity contribution < 1.29 is 4.79 Å². The van der Waals surface area contributed by atoms with E-state index in [0.29, 0.717) is 12.1 Å². The number of halogens is 1. The van der Waals surface area contributed by atoms with Gasteiger partial charge in [0.2, 0.25) is 0 Å². The van der Waals surface area contributed by atoms with Gasteiger partial charge in [-0.1, -0.05) is 28.1 Å². The zero-order chi connectivity index (χ0) is 20.4. The summed E-state index contributed by atoms with van der Waals surface area (Å²) in [6.45, 7) is 5.86. The van der Waals surface area contributed by atoms with Gasteiger partial charge in [0.1, 0.15) is 0 Å². The van der Waals surface area contributed by atoms with Gasteiger partial charge in [-0.3, -0.25) is 9.69 Å². The van der Waals surface area contributed by atoms with Gasteiger partial charge in [0, 0.05) is 62.0 Å². The molecule has 1 saturated heterocycles. The molecule has 4 rings (SSSR count). The van der Waals surface area contributed by atoms with E-state index >= 15 is 0 Å². The number of nitrogens with zero attached hydrogens (tertiary/aromatic N) is 3. The van der Waals surface area contributed by atoms with Crippen LogP contribution in [-0.4, -0.2) is 69.1 Å². The average molecular weight is 457 g/mol. The fraction of sp³-hybridized carbons (Fsp3) is 0.435. The van der Waals surface area contributed by atoms with Crippen LogP contribution >= 0.6 is 15.9 Å². The summed E-state index contributed by atoms with van der Waals surface area (Å²) in [5.41, 5.74) is 4.76. The van der Waals surface area contributed by atoms with E-state index in [1.807, 2.05) is 24.3 Å². The Balaban J connectivity index is 1.52. The van der Waals surface area contributed by atoms with Crippen molar-refractivity contribution in [3.63, 3.8) is 0 Å². The highest BCUT2D eigenvalue weighted by Crippen LogP contribution is 2.31. The molecular weight excluding hydrogens is 428 g/mol. The SMILES string of the molecule is CN1CCN([C@@H](CNC(=O)c2ccc(Br)cc2)c2ccc3c(c2)CCN3C)CC1. The summed E-state index contributed by atoms with van der Waals surface area (Å²) >= 11 is 3.43. The van der Waals surface area contributed by atoms with E-state index in [1.165, 1.54) is 16.8 Å². The van der Waals surface area contributed by atoms with Gasteiger partial charge in [0.15, 0.2) is 0 Å². The molecule has 0 aliphatic carbocycles. The van der Waals surface area contributed by atoms with Crippen LogP contribution in [0.25, 0.3) is 0 Å². The molecule has 2 aliphatic heterocycles. The van der Waals surface area contributed by atoms with Crippen molar-refractivity contribution in [2.24, 2.45) is 0 Å². The summed E-state index contributed by atoms with van der Waals surface area (Å²) in [5.74, 6) is -0.0162. The second-order valence-corrected chi connectivity index (χ2v) is 9.05. The molecule has 2 aromatic rings. The Bertz CT molecular complexity index is 862. The molecule has 0 saturated carbocycles. The Morgan fingerprint density at radius 3 is 2.48 bits per heavy atom. The van der Waals surface area contributed by atoms with Gasteiger partial charge < -0.3 is 15.1 Å². The van der Waals surface area contributed by atoms with E-state index in [-0.39, 0.29) is 11.9 Å². The van der Waals surface area contributed by atoms with Crippen molar-refractivity contribution in [1.82, 2.24) is 15.1 Å². The second-order valence-electron chi connectivity index (χ2n) is 8.13. The lowest BCUT2D eigenvalue weighted by Gasteiger charge is -2.38. The number of amides is 1. The maximum absolute atomic E-state index is 12.7. The topological polar surface area (TPSA) is 38.8 Å². The average Bonchev–Trinajstić information content (AvgIpc) is 3.10. The maximum atomic E-state index is 12.7. The van der Waals surface area contributed by atoms with Crippen LogP contribution in [0.3, 0.4) is 0 Å². The number of rotatable bonds is 5. The molecule has 1 fully saturated rings. The highest BCUT2D eigenvalue weighted by Gasteiger charge is 2.26. The number of hydrogen-bond acceptors (Lipinski definition) is 4. The molecule has 0 spiro atoms. The molecule has 6 heteroatoms. The smallest absolute Gasteiger partial charge is 0.251 e. The van der Waals surface area contributed by atoms with Gasteiger partial charge in [-0.2, -0.15) is 0 Å². The van der Waals surface area contributed by atoms with Crippen molar-refractivity contribution in [1.29, 1.82) is 0 Å². The quantitative estimate of drug-likeness (QED) is 0.749. The van der Waals surface area contributed by atoms with Crippen LogP contribution in [0.2, 0.25) is 0 Å². The molecule has 0 bridgehead atoms. The van der Waals surface area contributed by atoms with Gasteiger partial charge in [-0.25, -0.2) is 0 Å². The third-order valence-electron chi connectivity index (χ3n) is 6.16. The first-order chi connectivity index (χ1) is 14.0. The normalized spacial score (nSPS) is 18.5. The Morgan fingerprint density at radius 2 is 1.76 bits per heavy atom. The lowest BCUT2D eigenvalue weighted by Crippen LogP contribution is -2.48. The summed E-state index contributed by atoms with van der Waals surface area (Å²) < 4.78 is 0.979. The van der Waals surface area contributed by atoms with Gasteiger partial charge in [0.05, 0.1) is 6.04 Å². The number of likely N-dealkylation sites (N-methyl/N-ethyl adjacent to an activating group) is 2. The fourth-order valence-electron chi connectivity index (χ4n) is 4.28. The first kappa shape index (κ1) is 20.4. The minimum absolute atomic E-state index is 0.0162. The van der Waals surface area contributed by atoms with Gasteiger partial charge >= 0.3 is 0 Å². The van der Waals surface area contributed by atoms with Crippen molar-refractivity contribution in [2.45, 2.75) is 12.5 Å². The first-order valence-corrected chi connectivity index (χ1v) is 11.1. The summed E-state index contributed by atoms with van der Waals surface area (Å²) in [5, 5.41) is 3.18. The van der Waals surface area contributed by atoms with Gasteiger partial charge in [-0.15, -0.1) is 0 Å². The van der Waals surface area contributed by atoms with Crippen LogP contribution in [0.4, 0.5) is 5.69 Å². The molecule has 0 radical (unpaired) electrons. The molecule has 1 amide bonds. The number of benzene rings is 2. The van der Waals surface area contributed by atoms with E-state index in [4.69, 9.17) is 0 Å². The van der Waals surface area contributed by atoms with Crippen molar-refractivity contribution in [3.05, 3.63) is 63.6 Å². The molecule has 0 aromatic heterocycles. The van der Waals surface area contributed by atoms with E-state index in [0.717, 1.165) is 43.6 Å². The van der Waals surface area contributed by atoms with Crippen LogP contribution in [0.5, 0.6) is 0 Å². The zero-order valence-corrected chi connectivity index (χ0v) is 18.8. The predicted octanol–water partition coefficient (Wildman–Crippen LogP) is 3.16. The third kappa shape index (κ3) is 4.65. The number of carbonyl (C=O) groups excluding carboxylic acids is 1. The lowest BCUT2D eigenvalue weighted by atomic mass is 10.00. The number of nitrogens with one attached hydrogen (secondary N) is 1. The number of carbonyl (C=O) groups is 1. The molecule has 0 unspecified atom stereocenters. The Labute approximate surface area is 181 Å². The molecular formula is C23H29BrN4O. The summed E-state index contributed by atoms with van der Waals surface area (Å²) in [6.07, 6.45) is 1.10. The lowest BCUT2D eigenvalue weighted by molar-refractivity contribution is 0.0886. The van der Waals surface area contributed by atoms with Gasteiger partial charge in [-0.05, 0) is 54.9 Å². The number of piperazine rings is 1. The first-order valence-electron chi connectivity index (χ1n) is 10.3. The second kappa shape index (κ2) is 8.86. The maximum Gasteiger partial charge on any atom is 0.251 e. The molecule has 154 valence electrons. The monoisotopic (exact) mass is 456 g/mol. The van der Waals surface area contributed by atoms with Crippen LogP contribution in [-0.2, 0) is 6.42 Å². The van der Waals surface area contributed by atoms with Crippen LogP contribution in [0.1, 0.15) is 27.5 Å². The predicted molar refractivity (Wildman–Crippen MR) is 122 cm³/mol. The molecule has 1 N–H and O–H groups in total. The van der Waals surface area contributed by atoms with Gasteiger partial charge in [0.25, 0.3) is 5.91 Å². The van der Waals surface area contributed by atoms with E-state index in [9.17, 15) is 4.79 Å². The highest BCUT2D eigenvalue weighted by atomic mass is 79.9. The molecule has 2 aliphatic rings. The number of hydrogen-bond donors (Lipinski definition) is 1. The summed E-state index contributed by atoms with van der Waals surface area (Å²) in [7, 11) is 4.33. The Kier molecular flexibility index (Phi) is 6.23. The third-order valence-corrected chi connectivity index (χ3v) is 6.69. The Hall–Kier alpha value is -1.89. The van der Waals surface area contributed by atoms with Crippen LogP contribution in [0.15, 0.2) is 46.9 Å². The number of fused-ring (bicyclic) bond motifs is 1. The fourth-order valence-corrected chi connectivity index (χ4v) is 4.54. The number of anilines is 1. The molecule has 2 heterocycles. The van der Waals surface area contributed by atoms with Crippen molar-refractivity contribution in [2.75, 3.05) is 58.3 Å². The van der Waals surface area contributed by atoms with E-state index in [2.05, 4.69) is 68.2 Å². The Morgan fingerprint density at radius 1 is 1.03 bits per heavy atom. The molecule has 1 atom stereocenters. The minimum atomic E-state index is -0.0162. The van der Waals surface area contributed by atoms with E-state index in [1.54, 1.807) is 0 Å². The zero-order valence-electron chi connectivity index (χ0n) is 17.2.